The molecule has 0 spiro atoms. The molecule has 1 heterocycles. The van der Waals surface area contributed by atoms with Crippen LogP contribution in [0.2, 0.25) is 0 Å². The minimum Gasteiger partial charge on any atom is -0.319 e. The van der Waals surface area contributed by atoms with Crippen LogP contribution in [0.1, 0.15) is 39.0 Å². The lowest BCUT2D eigenvalue weighted by atomic mass is 9.70. The first-order valence-electron chi connectivity index (χ1n) is 7.58. The van der Waals surface area contributed by atoms with Gasteiger partial charge in [-0.25, -0.2) is 0 Å². The molecule has 2 rings (SSSR count). The lowest BCUT2D eigenvalue weighted by Gasteiger charge is -2.43. The zero-order valence-corrected chi connectivity index (χ0v) is 13.2. The van der Waals surface area contributed by atoms with Crippen LogP contribution in [0.25, 0.3) is 0 Å². The zero-order chi connectivity index (χ0) is 13.0. The van der Waals surface area contributed by atoms with Crippen molar-refractivity contribution in [1.82, 2.24) is 10.2 Å². The normalized spacial score (nSPS) is 37.3. The van der Waals surface area contributed by atoms with Crippen LogP contribution in [-0.4, -0.2) is 49.6 Å². The first-order valence-corrected chi connectivity index (χ1v) is 8.73. The van der Waals surface area contributed by atoms with Gasteiger partial charge < -0.3 is 10.2 Å². The largest absolute Gasteiger partial charge is 0.319 e. The van der Waals surface area contributed by atoms with Gasteiger partial charge in [0.1, 0.15) is 0 Å². The highest BCUT2D eigenvalue weighted by Gasteiger charge is 2.36. The quantitative estimate of drug-likeness (QED) is 0.827. The summed E-state index contributed by atoms with van der Waals surface area (Å²) in [7, 11) is 4.47. The van der Waals surface area contributed by atoms with Gasteiger partial charge in [-0.1, -0.05) is 19.8 Å². The van der Waals surface area contributed by atoms with Crippen molar-refractivity contribution in [3.8, 4) is 0 Å². The molecule has 1 saturated carbocycles. The Hall–Kier alpha value is 0.270. The van der Waals surface area contributed by atoms with Crippen molar-refractivity contribution in [2.45, 2.75) is 45.1 Å². The third-order valence-corrected chi connectivity index (χ3v) is 6.15. The summed E-state index contributed by atoms with van der Waals surface area (Å²) in [6.45, 7) is 4.91. The molecule has 106 valence electrons. The van der Waals surface area contributed by atoms with Crippen LogP contribution in [0.3, 0.4) is 0 Å². The fourth-order valence-electron chi connectivity index (χ4n) is 3.67. The summed E-state index contributed by atoms with van der Waals surface area (Å²) in [5.74, 6) is 3.66. The molecule has 18 heavy (non-hydrogen) atoms. The summed E-state index contributed by atoms with van der Waals surface area (Å²) < 4.78 is 0. The number of nitrogens with one attached hydrogen (secondary N) is 1. The standard InChI is InChI=1S/C15H30N2S/c1-13-4-7-15(8-5-13,11-16-2)12-17(3)14-6-9-18-10-14/h13-14,16H,4-12H2,1-3H3. The molecule has 1 N–H and O–H groups in total. The summed E-state index contributed by atoms with van der Waals surface area (Å²) in [4.78, 5) is 2.66. The Morgan fingerprint density at radius 2 is 2.00 bits per heavy atom. The van der Waals surface area contributed by atoms with E-state index in [0.29, 0.717) is 5.41 Å². The topological polar surface area (TPSA) is 15.3 Å². The Bertz CT molecular complexity index is 243. The van der Waals surface area contributed by atoms with Crippen molar-refractivity contribution >= 4 is 11.8 Å². The van der Waals surface area contributed by atoms with Gasteiger partial charge in [-0.15, -0.1) is 0 Å². The van der Waals surface area contributed by atoms with Crippen molar-refractivity contribution in [2.75, 3.05) is 38.7 Å². The van der Waals surface area contributed by atoms with Crippen LogP contribution in [0.5, 0.6) is 0 Å². The van der Waals surface area contributed by atoms with Gasteiger partial charge in [0.15, 0.2) is 0 Å². The highest BCUT2D eigenvalue weighted by molar-refractivity contribution is 7.99. The van der Waals surface area contributed by atoms with E-state index in [1.807, 2.05) is 0 Å². The van der Waals surface area contributed by atoms with E-state index in [0.717, 1.165) is 12.0 Å². The van der Waals surface area contributed by atoms with Crippen molar-refractivity contribution in [3.05, 3.63) is 0 Å². The Morgan fingerprint density at radius 1 is 1.28 bits per heavy atom. The Balaban J connectivity index is 1.92. The van der Waals surface area contributed by atoms with Crippen molar-refractivity contribution < 1.29 is 0 Å². The smallest absolute Gasteiger partial charge is 0.0191 e. The van der Waals surface area contributed by atoms with Crippen molar-refractivity contribution in [2.24, 2.45) is 11.3 Å². The van der Waals surface area contributed by atoms with Gasteiger partial charge in [-0.2, -0.15) is 11.8 Å². The first kappa shape index (κ1) is 14.7. The summed E-state index contributed by atoms with van der Waals surface area (Å²) in [6.07, 6.45) is 7.08. The van der Waals surface area contributed by atoms with E-state index in [1.54, 1.807) is 0 Å². The molecule has 1 saturated heterocycles. The number of hydrogen-bond donors (Lipinski definition) is 1. The average Bonchev–Trinajstić information content (AvgIpc) is 2.87. The maximum absolute atomic E-state index is 3.46. The first-order chi connectivity index (χ1) is 8.65. The summed E-state index contributed by atoms with van der Waals surface area (Å²) in [5.41, 5.74) is 0.545. The maximum atomic E-state index is 3.46. The lowest BCUT2D eigenvalue weighted by Crippen LogP contribution is -2.47. The molecule has 2 aliphatic rings. The summed E-state index contributed by atoms with van der Waals surface area (Å²) in [5, 5.41) is 3.46. The van der Waals surface area contributed by atoms with Gasteiger partial charge in [0.2, 0.25) is 0 Å². The molecule has 0 aromatic heterocycles. The van der Waals surface area contributed by atoms with E-state index < -0.39 is 0 Å². The van der Waals surface area contributed by atoms with Gasteiger partial charge >= 0.3 is 0 Å². The molecule has 2 nitrogen and oxygen atoms in total. The van der Waals surface area contributed by atoms with Gasteiger partial charge in [-0.05, 0) is 50.4 Å². The highest BCUT2D eigenvalue weighted by atomic mass is 32.2. The zero-order valence-electron chi connectivity index (χ0n) is 12.4. The van der Waals surface area contributed by atoms with Crippen LogP contribution < -0.4 is 5.32 Å². The molecule has 0 aromatic carbocycles. The molecule has 0 aromatic rings. The van der Waals surface area contributed by atoms with E-state index >= 15 is 0 Å². The number of hydrogen-bond acceptors (Lipinski definition) is 3. The SMILES string of the molecule is CNCC1(CN(C)C2CCSC2)CCC(C)CC1. The van der Waals surface area contributed by atoms with Crippen LogP contribution in [-0.2, 0) is 0 Å². The van der Waals surface area contributed by atoms with Gasteiger partial charge in [-0.3, -0.25) is 0 Å². The third-order valence-electron chi connectivity index (χ3n) is 5.00. The van der Waals surface area contributed by atoms with Crippen molar-refractivity contribution in [1.29, 1.82) is 0 Å². The van der Waals surface area contributed by atoms with E-state index in [9.17, 15) is 0 Å². The molecule has 1 aliphatic carbocycles. The Kier molecular flexibility index (Phi) is 5.40. The highest BCUT2D eigenvalue weighted by Crippen LogP contribution is 2.39. The maximum Gasteiger partial charge on any atom is 0.0191 e. The second-order valence-corrected chi connectivity index (χ2v) is 7.80. The molecule has 0 amide bonds. The molecular weight excluding hydrogens is 240 g/mol. The number of nitrogens with zero attached hydrogens (tertiary/aromatic N) is 1. The second-order valence-electron chi connectivity index (χ2n) is 6.65. The van der Waals surface area contributed by atoms with Crippen LogP contribution in [0.15, 0.2) is 0 Å². The van der Waals surface area contributed by atoms with E-state index in [-0.39, 0.29) is 0 Å². The van der Waals surface area contributed by atoms with Gasteiger partial charge in [0, 0.05) is 24.9 Å². The number of rotatable bonds is 5. The molecule has 0 radical (unpaired) electrons. The van der Waals surface area contributed by atoms with E-state index in [2.05, 4.69) is 43.0 Å². The van der Waals surface area contributed by atoms with Crippen molar-refractivity contribution in [3.63, 3.8) is 0 Å². The van der Waals surface area contributed by atoms with E-state index in [1.165, 1.54) is 56.7 Å². The predicted octanol–water partition coefficient (Wildman–Crippen LogP) is 2.84. The Labute approximate surface area is 117 Å². The van der Waals surface area contributed by atoms with Crippen LogP contribution in [0, 0.1) is 11.3 Å². The third kappa shape index (κ3) is 3.64. The van der Waals surface area contributed by atoms with E-state index in [4.69, 9.17) is 0 Å². The van der Waals surface area contributed by atoms with Crippen LogP contribution >= 0.6 is 11.8 Å². The number of thioether (sulfide) groups is 1. The van der Waals surface area contributed by atoms with Gasteiger partial charge in [0.05, 0.1) is 0 Å². The van der Waals surface area contributed by atoms with Crippen LogP contribution in [0.4, 0.5) is 0 Å². The molecular formula is C15H30N2S. The molecule has 1 unspecified atom stereocenters. The second kappa shape index (κ2) is 6.62. The Morgan fingerprint density at radius 3 is 2.56 bits per heavy atom. The molecule has 0 bridgehead atoms. The monoisotopic (exact) mass is 270 g/mol. The average molecular weight is 270 g/mol. The predicted molar refractivity (Wildman–Crippen MR) is 82.4 cm³/mol. The molecule has 3 heteroatoms. The minimum atomic E-state index is 0.545. The van der Waals surface area contributed by atoms with Gasteiger partial charge in [0.25, 0.3) is 0 Å². The summed E-state index contributed by atoms with van der Waals surface area (Å²) in [6, 6.07) is 0.836. The summed E-state index contributed by atoms with van der Waals surface area (Å²) >= 11 is 2.13. The fourth-order valence-corrected chi connectivity index (χ4v) is 4.97. The lowest BCUT2D eigenvalue weighted by molar-refractivity contribution is 0.0853. The molecule has 1 atom stereocenters. The fraction of sp³-hybridized carbons (Fsp3) is 1.00. The molecule has 2 fully saturated rings. The molecule has 1 aliphatic heterocycles. The minimum absolute atomic E-state index is 0.545.